The summed E-state index contributed by atoms with van der Waals surface area (Å²) in [6, 6.07) is 13.7. The van der Waals surface area contributed by atoms with Gasteiger partial charge in [0.2, 0.25) is 11.8 Å². The Kier molecular flexibility index (Phi) is 5.52. The van der Waals surface area contributed by atoms with Crippen molar-refractivity contribution in [3.05, 3.63) is 59.2 Å². The molecule has 0 saturated heterocycles. The smallest absolute Gasteiger partial charge is 0.224 e. The fraction of sp³-hybridized carbons (Fsp3) is 0.263. The molecule has 120 valence electrons. The maximum Gasteiger partial charge on any atom is 0.224 e. The number of hydrogen-bond acceptors (Lipinski definition) is 2. The standard InChI is InChI=1S/C19H22N2O2/c1-13-7-9-16(10-8-13)11-12-19(23)21-18-6-4-5-17(14(18)2)20-15(3)22/h4-10H,11-12H2,1-3H3,(H,20,22)(H,21,23). The van der Waals surface area contributed by atoms with Crippen LogP contribution in [0.1, 0.15) is 30.0 Å². The summed E-state index contributed by atoms with van der Waals surface area (Å²) in [7, 11) is 0. The summed E-state index contributed by atoms with van der Waals surface area (Å²) in [6.45, 7) is 5.38. The van der Waals surface area contributed by atoms with Crippen LogP contribution >= 0.6 is 0 Å². The fourth-order valence-electron chi connectivity index (χ4n) is 2.32. The normalized spacial score (nSPS) is 10.2. The largest absolute Gasteiger partial charge is 0.326 e. The summed E-state index contributed by atoms with van der Waals surface area (Å²) in [5.74, 6) is -0.162. The minimum Gasteiger partial charge on any atom is -0.326 e. The van der Waals surface area contributed by atoms with Crippen molar-refractivity contribution < 1.29 is 9.59 Å². The molecule has 2 amide bonds. The van der Waals surface area contributed by atoms with E-state index < -0.39 is 0 Å². The number of amides is 2. The Morgan fingerprint density at radius 3 is 2.13 bits per heavy atom. The van der Waals surface area contributed by atoms with Crippen molar-refractivity contribution in [3.63, 3.8) is 0 Å². The lowest BCUT2D eigenvalue weighted by Gasteiger charge is -2.12. The molecule has 0 aliphatic heterocycles. The first kappa shape index (κ1) is 16.7. The molecule has 0 unspecified atom stereocenters. The van der Waals surface area contributed by atoms with Crippen molar-refractivity contribution in [3.8, 4) is 0 Å². The molecule has 0 aromatic heterocycles. The van der Waals surface area contributed by atoms with Crippen LogP contribution in [-0.2, 0) is 16.0 Å². The van der Waals surface area contributed by atoms with Crippen LogP contribution in [0.15, 0.2) is 42.5 Å². The summed E-state index contributed by atoms with van der Waals surface area (Å²) < 4.78 is 0. The second kappa shape index (κ2) is 7.58. The first-order chi connectivity index (χ1) is 11.0. The molecule has 0 spiro atoms. The Morgan fingerprint density at radius 2 is 1.52 bits per heavy atom. The van der Waals surface area contributed by atoms with Crippen LogP contribution in [0.4, 0.5) is 11.4 Å². The van der Waals surface area contributed by atoms with E-state index >= 15 is 0 Å². The van der Waals surface area contributed by atoms with Gasteiger partial charge in [0.05, 0.1) is 0 Å². The summed E-state index contributed by atoms with van der Waals surface area (Å²) in [4.78, 5) is 23.3. The van der Waals surface area contributed by atoms with Gasteiger partial charge in [0, 0.05) is 24.7 Å². The van der Waals surface area contributed by atoms with Crippen molar-refractivity contribution in [1.82, 2.24) is 0 Å². The topological polar surface area (TPSA) is 58.2 Å². The third kappa shape index (κ3) is 4.95. The van der Waals surface area contributed by atoms with Crippen LogP contribution in [0.2, 0.25) is 0 Å². The number of benzene rings is 2. The zero-order chi connectivity index (χ0) is 16.8. The molecule has 0 radical (unpaired) electrons. The Hall–Kier alpha value is -2.62. The average molecular weight is 310 g/mol. The summed E-state index contributed by atoms with van der Waals surface area (Å²) in [6.07, 6.45) is 1.13. The van der Waals surface area contributed by atoms with E-state index in [4.69, 9.17) is 0 Å². The van der Waals surface area contributed by atoms with E-state index in [9.17, 15) is 9.59 Å². The van der Waals surface area contributed by atoms with Gasteiger partial charge in [0.15, 0.2) is 0 Å². The van der Waals surface area contributed by atoms with Crippen LogP contribution < -0.4 is 10.6 Å². The Balaban J connectivity index is 1.97. The molecular formula is C19H22N2O2. The van der Waals surface area contributed by atoms with E-state index in [1.807, 2.05) is 56.3 Å². The molecule has 0 bridgehead atoms. The number of anilines is 2. The Morgan fingerprint density at radius 1 is 0.913 bits per heavy atom. The van der Waals surface area contributed by atoms with Gasteiger partial charge in [-0.2, -0.15) is 0 Å². The van der Waals surface area contributed by atoms with Crippen LogP contribution in [0, 0.1) is 13.8 Å². The lowest BCUT2D eigenvalue weighted by Crippen LogP contribution is -2.14. The number of aryl methyl sites for hydroxylation is 2. The molecule has 0 aliphatic carbocycles. The van der Waals surface area contributed by atoms with Gasteiger partial charge in [0.25, 0.3) is 0 Å². The van der Waals surface area contributed by atoms with E-state index in [2.05, 4.69) is 10.6 Å². The van der Waals surface area contributed by atoms with Gasteiger partial charge in [-0.3, -0.25) is 9.59 Å². The molecule has 4 heteroatoms. The molecule has 2 N–H and O–H groups in total. The fourth-order valence-corrected chi connectivity index (χ4v) is 2.32. The summed E-state index contributed by atoms with van der Waals surface area (Å²) in [5, 5.41) is 5.67. The number of nitrogens with one attached hydrogen (secondary N) is 2. The van der Waals surface area contributed by atoms with Gasteiger partial charge in [-0.1, -0.05) is 35.9 Å². The van der Waals surface area contributed by atoms with Crippen LogP contribution in [-0.4, -0.2) is 11.8 Å². The molecule has 2 aromatic rings. The molecule has 0 aliphatic rings. The molecular weight excluding hydrogens is 288 g/mol. The monoisotopic (exact) mass is 310 g/mol. The Bertz CT molecular complexity index is 706. The predicted octanol–water partition coefficient (Wildman–Crippen LogP) is 3.83. The highest BCUT2D eigenvalue weighted by molar-refractivity contribution is 5.95. The molecule has 2 rings (SSSR count). The highest BCUT2D eigenvalue weighted by atomic mass is 16.2. The molecule has 23 heavy (non-hydrogen) atoms. The van der Waals surface area contributed by atoms with E-state index in [1.165, 1.54) is 12.5 Å². The maximum atomic E-state index is 12.1. The van der Waals surface area contributed by atoms with Gasteiger partial charge in [-0.15, -0.1) is 0 Å². The molecule has 0 atom stereocenters. The Labute approximate surface area is 136 Å². The minimum atomic E-state index is -0.129. The molecule has 0 saturated carbocycles. The van der Waals surface area contributed by atoms with Gasteiger partial charge in [0.1, 0.15) is 0 Å². The number of hydrogen-bond donors (Lipinski definition) is 2. The van der Waals surface area contributed by atoms with Gasteiger partial charge < -0.3 is 10.6 Å². The molecule has 4 nitrogen and oxygen atoms in total. The van der Waals surface area contributed by atoms with Crippen LogP contribution in [0.25, 0.3) is 0 Å². The van der Waals surface area contributed by atoms with Crippen LogP contribution in [0.5, 0.6) is 0 Å². The number of carbonyl (C=O) groups is 2. The highest BCUT2D eigenvalue weighted by Gasteiger charge is 2.08. The zero-order valence-corrected chi connectivity index (χ0v) is 13.8. The summed E-state index contributed by atoms with van der Waals surface area (Å²) in [5.41, 5.74) is 4.66. The van der Waals surface area contributed by atoms with Crippen LogP contribution in [0.3, 0.4) is 0 Å². The lowest BCUT2D eigenvalue weighted by molar-refractivity contribution is -0.116. The van der Waals surface area contributed by atoms with Crippen molar-refractivity contribution in [2.45, 2.75) is 33.6 Å². The minimum absolute atomic E-state index is 0.0337. The third-order valence-corrected chi connectivity index (χ3v) is 3.68. The maximum absolute atomic E-state index is 12.1. The van der Waals surface area contributed by atoms with Crippen molar-refractivity contribution in [2.75, 3.05) is 10.6 Å². The second-order valence-electron chi connectivity index (χ2n) is 5.69. The zero-order valence-electron chi connectivity index (χ0n) is 13.8. The first-order valence-corrected chi connectivity index (χ1v) is 7.68. The average Bonchev–Trinajstić information content (AvgIpc) is 2.50. The van der Waals surface area contributed by atoms with Crippen molar-refractivity contribution >= 4 is 23.2 Å². The SMILES string of the molecule is CC(=O)Nc1cccc(NC(=O)CCc2ccc(C)cc2)c1C. The van der Waals surface area contributed by atoms with E-state index in [0.717, 1.165) is 16.8 Å². The van der Waals surface area contributed by atoms with Gasteiger partial charge in [-0.25, -0.2) is 0 Å². The van der Waals surface area contributed by atoms with E-state index in [1.54, 1.807) is 0 Å². The first-order valence-electron chi connectivity index (χ1n) is 7.68. The molecule has 0 heterocycles. The number of rotatable bonds is 5. The lowest BCUT2D eigenvalue weighted by atomic mass is 10.1. The van der Waals surface area contributed by atoms with Crippen molar-refractivity contribution in [2.24, 2.45) is 0 Å². The third-order valence-electron chi connectivity index (χ3n) is 3.68. The highest BCUT2D eigenvalue weighted by Crippen LogP contribution is 2.23. The molecule has 2 aromatic carbocycles. The number of carbonyl (C=O) groups excluding carboxylic acids is 2. The van der Waals surface area contributed by atoms with Crippen molar-refractivity contribution in [1.29, 1.82) is 0 Å². The molecule has 0 fully saturated rings. The van der Waals surface area contributed by atoms with Gasteiger partial charge in [-0.05, 0) is 43.5 Å². The van der Waals surface area contributed by atoms with E-state index in [0.29, 0.717) is 18.5 Å². The second-order valence-corrected chi connectivity index (χ2v) is 5.69. The van der Waals surface area contributed by atoms with E-state index in [-0.39, 0.29) is 11.8 Å². The quantitative estimate of drug-likeness (QED) is 0.881. The van der Waals surface area contributed by atoms with Gasteiger partial charge >= 0.3 is 0 Å². The predicted molar refractivity (Wildman–Crippen MR) is 93.6 cm³/mol. The summed E-state index contributed by atoms with van der Waals surface area (Å²) >= 11 is 0.